The highest BCUT2D eigenvalue weighted by Crippen LogP contribution is 2.28. The van der Waals surface area contributed by atoms with Crippen LogP contribution in [0.15, 0.2) is 91.0 Å². The molecule has 138 valence electrons. The first-order valence-electron chi connectivity index (χ1n) is 9.56. The van der Waals surface area contributed by atoms with Crippen LogP contribution >= 0.6 is 0 Å². The normalized spacial score (nSPS) is 12.0. The number of nitrogens with zero attached hydrogens (tertiary/aromatic N) is 1. The predicted octanol–water partition coefficient (Wildman–Crippen LogP) is 5.66. The summed E-state index contributed by atoms with van der Waals surface area (Å²) in [6.45, 7) is 5.48. The second-order valence-electron chi connectivity index (χ2n) is 7.30. The maximum atomic E-state index is 13.6. The number of amides is 1. The van der Waals surface area contributed by atoms with Crippen molar-refractivity contribution in [1.82, 2.24) is 4.90 Å². The van der Waals surface area contributed by atoms with E-state index in [1.165, 1.54) is 0 Å². The number of benzene rings is 3. The Kier molecular flexibility index (Phi) is 6.43. The molecule has 0 saturated carbocycles. The number of hydrogen-bond donors (Lipinski definition) is 0. The first-order chi connectivity index (χ1) is 13.1. The van der Waals surface area contributed by atoms with Crippen LogP contribution in [0.2, 0.25) is 0 Å². The molecule has 0 aliphatic rings. The molecule has 1 unspecified atom stereocenters. The van der Waals surface area contributed by atoms with Gasteiger partial charge in [0.1, 0.15) is 0 Å². The second-order valence-corrected chi connectivity index (χ2v) is 7.30. The molecule has 3 rings (SSSR count). The molecule has 0 bridgehead atoms. The molecule has 2 nitrogen and oxygen atoms in total. The summed E-state index contributed by atoms with van der Waals surface area (Å²) in [5.41, 5.74) is 3.39. The molecule has 0 N–H and O–H groups in total. The molecule has 3 aromatic rings. The van der Waals surface area contributed by atoms with Gasteiger partial charge in [-0.2, -0.15) is 0 Å². The van der Waals surface area contributed by atoms with E-state index < -0.39 is 0 Å². The molecule has 0 saturated heterocycles. The fourth-order valence-corrected chi connectivity index (χ4v) is 3.49. The monoisotopic (exact) mass is 357 g/mol. The van der Waals surface area contributed by atoms with Gasteiger partial charge in [0.25, 0.3) is 0 Å². The average molecular weight is 357 g/mol. The van der Waals surface area contributed by atoms with Crippen molar-refractivity contribution in [2.24, 2.45) is 5.92 Å². The zero-order valence-corrected chi connectivity index (χ0v) is 16.1. The Balaban J connectivity index is 1.91. The van der Waals surface area contributed by atoms with Crippen LogP contribution in [-0.4, -0.2) is 10.8 Å². The summed E-state index contributed by atoms with van der Waals surface area (Å²) in [6.07, 6.45) is 0. The van der Waals surface area contributed by atoms with E-state index in [1.807, 2.05) is 59.5 Å². The van der Waals surface area contributed by atoms with Gasteiger partial charge in [-0.1, -0.05) is 105 Å². The van der Waals surface area contributed by atoms with E-state index >= 15 is 0 Å². The van der Waals surface area contributed by atoms with Gasteiger partial charge in [-0.3, -0.25) is 4.79 Å². The zero-order valence-electron chi connectivity index (χ0n) is 16.1. The van der Waals surface area contributed by atoms with Crippen molar-refractivity contribution in [3.8, 4) is 0 Å². The highest BCUT2D eigenvalue weighted by atomic mass is 16.2. The van der Waals surface area contributed by atoms with E-state index in [4.69, 9.17) is 0 Å². The summed E-state index contributed by atoms with van der Waals surface area (Å²) in [7, 11) is 0. The molecule has 0 aliphatic heterocycles. The van der Waals surface area contributed by atoms with Crippen molar-refractivity contribution in [3.05, 3.63) is 108 Å². The van der Waals surface area contributed by atoms with Crippen LogP contribution < -0.4 is 0 Å². The molecule has 2 heteroatoms. The minimum atomic E-state index is -0.140. The van der Waals surface area contributed by atoms with Crippen LogP contribution in [-0.2, 0) is 17.9 Å². The average Bonchev–Trinajstić information content (AvgIpc) is 2.70. The van der Waals surface area contributed by atoms with Crippen LogP contribution in [0.3, 0.4) is 0 Å². The summed E-state index contributed by atoms with van der Waals surface area (Å²) in [4.78, 5) is 15.6. The standard InChI is InChI=1S/C25H27NO/c1-20(2)24(23-16-10-5-11-17-23)25(27)26(18-21-12-6-3-7-13-21)19-22-14-8-4-9-15-22/h3-17,20,24H,18-19H2,1-2H3. The molecule has 0 aliphatic carbocycles. The smallest absolute Gasteiger partial charge is 0.230 e. The largest absolute Gasteiger partial charge is 0.334 e. The third-order valence-corrected chi connectivity index (χ3v) is 4.84. The molecule has 0 radical (unpaired) electrons. The molecular weight excluding hydrogens is 330 g/mol. The highest BCUT2D eigenvalue weighted by molar-refractivity contribution is 5.84. The first kappa shape index (κ1) is 18.9. The fraction of sp³-hybridized carbons (Fsp3) is 0.240. The lowest BCUT2D eigenvalue weighted by molar-refractivity contribution is -0.135. The molecule has 0 heterocycles. The van der Waals surface area contributed by atoms with Crippen LogP contribution in [0.25, 0.3) is 0 Å². The molecule has 1 amide bonds. The van der Waals surface area contributed by atoms with E-state index in [0.29, 0.717) is 13.1 Å². The minimum absolute atomic E-state index is 0.140. The summed E-state index contributed by atoms with van der Waals surface area (Å²) >= 11 is 0. The number of carbonyl (C=O) groups excluding carboxylic acids is 1. The highest BCUT2D eigenvalue weighted by Gasteiger charge is 2.28. The molecule has 3 aromatic carbocycles. The topological polar surface area (TPSA) is 20.3 Å². The summed E-state index contributed by atoms with van der Waals surface area (Å²) in [6, 6.07) is 30.6. The molecular formula is C25H27NO. The van der Waals surface area contributed by atoms with Crippen molar-refractivity contribution >= 4 is 5.91 Å². The maximum Gasteiger partial charge on any atom is 0.230 e. The van der Waals surface area contributed by atoms with Gasteiger partial charge in [0.05, 0.1) is 5.92 Å². The number of rotatable bonds is 7. The minimum Gasteiger partial charge on any atom is -0.334 e. The van der Waals surface area contributed by atoms with E-state index in [9.17, 15) is 4.79 Å². The molecule has 0 aromatic heterocycles. The predicted molar refractivity (Wildman–Crippen MR) is 111 cm³/mol. The lowest BCUT2D eigenvalue weighted by Crippen LogP contribution is -2.36. The zero-order chi connectivity index (χ0) is 19.1. The summed E-state index contributed by atoms with van der Waals surface area (Å²) < 4.78 is 0. The number of carbonyl (C=O) groups is 1. The van der Waals surface area contributed by atoms with Crippen molar-refractivity contribution in [1.29, 1.82) is 0 Å². The Bertz CT molecular complexity index is 786. The lowest BCUT2D eigenvalue weighted by atomic mass is 9.87. The van der Waals surface area contributed by atoms with E-state index in [-0.39, 0.29) is 17.7 Å². The van der Waals surface area contributed by atoms with Crippen LogP contribution in [0, 0.1) is 5.92 Å². The Labute approximate surface area is 162 Å². The van der Waals surface area contributed by atoms with Crippen molar-refractivity contribution in [2.75, 3.05) is 0 Å². The van der Waals surface area contributed by atoms with Gasteiger partial charge in [-0.25, -0.2) is 0 Å². The van der Waals surface area contributed by atoms with Gasteiger partial charge in [-0.05, 0) is 22.6 Å². The van der Waals surface area contributed by atoms with Gasteiger partial charge < -0.3 is 4.90 Å². The van der Waals surface area contributed by atoms with E-state index in [0.717, 1.165) is 16.7 Å². The van der Waals surface area contributed by atoms with Gasteiger partial charge in [0.15, 0.2) is 0 Å². The van der Waals surface area contributed by atoms with Crippen molar-refractivity contribution in [3.63, 3.8) is 0 Å². The van der Waals surface area contributed by atoms with E-state index in [2.05, 4.69) is 50.2 Å². The van der Waals surface area contributed by atoms with Gasteiger partial charge in [-0.15, -0.1) is 0 Å². The molecule has 27 heavy (non-hydrogen) atoms. The Morgan fingerprint density at radius 1 is 0.704 bits per heavy atom. The Hall–Kier alpha value is -2.87. The van der Waals surface area contributed by atoms with Crippen molar-refractivity contribution < 1.29 is 4.79 Å². The molecule has 1 atom stereocenters. The van der Waals surface area contributed by atoms with Gasteiger partial charge in [0, 0.05) is 13.1 Å². The van der Waals surface area contributed by atoms with E-state index in [1.54, 1.807) is 0 Å². The third-order valence-electron chi connectivity index (χ3n) is 4.84. The van der Waals surface area contributed by atoms with Crippen LogP contribution in [0.1, 0.15) is 36.5 Å². The number of hydrogen-bond acceptors (Lipinski definition) is 1. The summed E-state index contributed by atoms with van der Waals surface area (Å²) in [5.74, 6) is 0.275. The van der Waals surface area contributed by atoms with Crippen LogP contribution in [0.5, 0.6) is 0 Å². The van der Waals surface area contributed by atoms with Gasteiger partial charge in [0.2, 0.25) is 5.91 Å². The van der Waals surface area contributed by atoms with Crippen LogP contribution in [0.4, 0.5) is 0 Å². The second kappa shape index (κ2) is 9.18. The summed E-state index contributed by atoms with van der Waals surface area (Å²) in [5, 5.41) is 0. The maximum absolute atomic E-state index is 13.6. The van der Waals surface area contributed by atoms with Gasteiger partial charge >= 0.3 is 0 Å². The fourth-order valence-electron chi connectivity index (χ4n) is 3.49. The Morgan fingerprint density at radius 3 is 1.52 bits per heavy atom. The molecule has 0 fully saturated rings. The Morgan fingerprint density at radius 2 is 1.11 bits per heavy atom. The SMILES string of the molecule is CC(C)C(C(=O)N(Cc1ccccc1)Cc1ccccc1)c1ccccc1. The lowest BCUT2D eigenvalue weighted by Gasteiger charge is -2.30. The molecule has 0 spiro atoms. The first-order valence-corrected chi connectivity index (χ1v) is 9.56. The van der Waals surface area contributed by atoms with Crippen molar-refractivity contribution in [2.45, 2.75) is 32.9 Å². The quantitative estimate of drug-likeness (QED) is 0.535. The third kappa shape index (κ3) is 5.07.